The molecule has 2 heteroatoms. The van der Waals surface area contributed by atoms with Crippen LogP contribution in [0.4, 0.5) is 0 Å². The summed E-state index contributed by atoms with van der Waals surface area (Å²) in [7, 11) is -0.522. The maximum atomic E-state index is 3.80. The van der Waals surface area contributed by atoms with E-state index in [9.17, 15) is 0 Å². The Balaban J connectivity index is 3.47. The molecule has 0 heterocycles. The fourth-order valence-corrected chi connectivity index (χ4v) is 4.20. The summed E-state index contributed by atoms with van der Waals surface area (Å²) in [4.78, 5) is 0. The zero-order valence-corrected chi connectivity index (χ0v) is 10.5. The number of hydrogen-bond donors (Lipinski definition) is 0. The Hall–Kier alpha value is 0.177. The standard InChI is InChI=1S/C10H19BrSi/c1-3-8-12(9-4-2)10-6-5-7-11/h3-4,12H,1-2,5-10H2. The predicted octanol–water partition coefficient (Wildman–Crippen LogP) is 3.76. The highest BCUT2D eigenvalue weighted by Gasteiger charge is 2.05. The van der Waals surface area contributed by atoms with Crippen LogP contribution >= 0.6 is 15.9 Å². The van der Waals surface area contributed by atoms with Crippen molar-refractivity contribution >= 4 is 24.7 Å². The lowest BCUT2D eigenvalue weighted by molar-refractivity contribution is 0.886. The van der Waals surface area contributed by atoms with E-state index >= 15 is 0 Å². The maximum Gasteiger partial charge on any atom is 0.0443 e. The number of alkyl halides is 1. The molecule has 0 aliphatic rings. The first-order valence-corrected chi connectivity index (χ1v) is 8.20. The van der Waals surface area contributed by atoms with Gasteiger partial charge in [-0.25, -0.2) is 0 Å². The van der Waals surface area contributed by atoms with Gasteiger partial charge in [-0.15, -0.1) is 13.2 Å². The second-order valence-electron chi connectivity index (χ2n) is 3.10. The van der Waals surface area contributed by atoms with Gasteiger partial charge in [-0.2, -0.15) is 0 Å². The summed E-state index contributed by atoms with van der Waals surface area (Å²) < 4.78 is 0. The quantitative estimate of drug-likeness (QED) is 0.265. The Morgan fingerprint density at radius 2 is 1.67 bits per heavy atom. The van der Waals surface area contributed by atoms with Crippen LogP contribution < -0.4 is 0 Å². The lowest BCUT2D eigenvalue weighted by Crippen LogP contribution is -2.08. The van der Waals surface area contributed by atoms with Crippen molar-refractivity contribution < 1.29 is 0 Å². The Morgan fingerprint density at radius 1 is 1.08 bits per heavy atom. The van der Waals surface area contributed by atoms with Gasteiger partial charge in [0.25, 0.3) is 0 Å². The average Bonchev–Trinajstić information content (AvgIpc) is 2.06. The number of hydrogen-bond acceptors (Lipinski definition) is 0. The molecule has 70 valence electrons. The topological polar surface area (TPSA) is 0 Å². The van der Waals surface area contributed by atoms with E-state index in [1.165, 1.54) is 31.0 Å². The lowest BCUT2D eigenvalue weighted by Gasteiger charge is -2.09. The smallest absolute Gasteiger partial charge is 0.0443 e. The molecule has 12 heavy (non-hydrogen) atoms. The van der Waals surface area contributed by atoms with E-state index < -0.39 is 8.80 Å². The molecule has 0 atom stereocenters. The van der Waals surface area contributed by atoms with Crippen LogP contribution in [-0.2, 0) is 0 Å². The van der Waals surface area contributed by atoms with Crippen LogP contribution in [0.3, 0.4) is 0 Å². The van der Waals surface area contributed by atoms with Gasteiger partial charge in [0.2, 0.25) is 0 Å². The summed E-state index contributed by atoms with van der Waals surface area (Å²) in [6.45, 7) is 7.60. The average molecular weight is 247 g/mol. The van der Waals surface area contributed by atoms with Gasteiger partial charge in [0.15, 0.2) is 0 Å². The van der Waals surface area contributed by atoms with Gasteiger partial charge >= 0.3 is 0 Å². The molecule has 0 N–H and O–H groups in total. The molecule has 0 fully saturated rings. The summed E-state index contributed by atoms with van der Waals surface area (Å²) in [6.07, 6.45) is 6.85. The molecule has 0 amide bonds. The number of halogens is 1. The zero-order valence-electron chi connectivity index (χ0n) is 7.77. The van der Waals surface area contributed by atoms with Crippen molar-refractivity contribution in [2.24, 2.45) is 0 Å². The number of rotatable bonds is 8. The number of unbranched alkanes of at least 4 members (excludes halogenated alkanes) is 1. The van der Waals surface area contributed by atoms with Crippen LogP contribution in [0.5, 0.6) is 0 Å². The minimum absolute atomic E-state index is 0.522. The second kappa shape index (κ2) is 9.27. The number of allylic oxidation sites excluding steroid dienone is 2. The van der Waals surface area contributed by atoms with Crippen LogP contribution in [0.2, 0.25) is 18.1 Å². The van der Waals surface area contributed by atoms with E-state index in [2.05, 4.69) is 41.2 Å². The Morgan fingerprint density at radius 3 is 2.08 bits per heavy atom. The van der Waals surface area contributed by atoms with Gasteiger partial charge in [0, 0.05) is 14.1 Å². The SMILES string of the molecule is C=CC[SiH](CC=C)CCCCBr. The predicted molar refractivity (Wildman–Crippen MR) is 65.0 cm³/mol. The van der Waals surface area contributed by atoms with Crippen molar-refractivity contribution in [3.8, 4) is 0 Å². The van der Waals surface area contributed by atoms with E-state index in [0.29, 0.717) is 0 Å². The van der Waals surface area contributed by atoms with Crippen molar-refractivity contribution in [1.82, 2.24) is 0 Å². The van der Waals surface area contributed by atoms with Crippen molar-refractivity contribution in [2.75, 3.05) is 5.33 Å². The molecule has 0 unspecified atom stereocenters. The van der Waals surface area contributed by atoms with Crippen molar-refractivity contribution in [3.05, 3.63) is 25.3 Å². The van der Waals surface area contributed by atoms with Crippen LogP contribution in [0.1, 0.15) is 12.8 Å². The molecule has 0 bridgehead atoms. The van der Waals surface area contributed by atoms with Gasteiger partial charge in [0.1, 0.15) is 0 Å². The minimum atomic E-state index is -0.522. The molecule has 0 aromatic carbocycles. The van der Waals surface area contributed by atoms with Crippen molar-refractivity contribution in [3.63, 3.8) is 0 Å². The van der Waals surface area contributed by atoms with Crippen LogP contribution in [0.15, 0.2) is 25.3 Å². The van der Waals surface area contributed by atoms with Crippen LogP contribution in [0, 0.1) is 0 Å². The molecule has 0 radical (unpaired) electrons. The molecule has 0 saturated heterocycles. The fraction of sp³-hybridized carbons (Fsp3) is 0.600. The summed E-state index contributed by atoms with van der Waals surface area (Å²) >= 11 is 3.45. The van der Waals surface area contributed by atoms with Gasteiger partial charge in [-0.05, 0) is 18.5 Å². The molecule has 0 saturated carbocycles. The van der Waals surface area contributed by atoms with E-state index in [4.69, 9.17) is 0 Å². The van der Waals surface area contributed by atoms with Gasteiger partial charge < -0.3 is 0 Å². The molecule has 0 spiro atoms. The highest BCUT2D eigenvalue weighted by Crippen LogP contribution is 2.11. The maximum absolute atomic E-state index is 3.80. The van der Waals surface area contributed by atoms with Crippen molar-refractivity contribution in [2.45, 2.75) is 31.0 Å². The van der Waals surface area contributed by atoms with Gasteiger partial charge in [0.05, 0.1) is 0 Å². The first-order chi connectivity index (χ1) is 5.85. The molecule has 0 rings (SSSR count). The summed E-state index contributed by atoms with van der Waals surface area (Å²) in [5, 5.41) is 1.15. The fourth-order valence-electron chi connectivity index (χ4n) is 1.33. The Kier molecular flexibility index (Phi) is 9.40. The molecule has 0 aliphatic carbocycles. The third-order valence-electron chi connectivity index (χ3n) is 2.00. The van der Waals surface area contributed by atoms with E-state index in [1.807, 2.05) is 0 Å². The van der Waals surface area contributed by atoms with Crippen LogP contribution in [0.25, 0.3) is 0 Å². The Bertz CT molecular complexity index is 113. The molecular formula is C10H19BrSi. The van der Waals surface area contributed by atoms with E-state index in [0.717, 1.165) is 5.33 Å². The summed E-state index contributed by atoms with van der Waals surface area (Å²) in [6, 6.07) is 3.99. The van der Waals surface area contributed by atoms with Crippen LogP contribution in [-0.4, -0.2) is 14.1 Å². The third-order valence-corrected chi connectivity index (χ3v) is 5.78. The highest BCUT2D eigenvalue weighted by atomic mass is 79.9. The monoisotopic (exact) mass is 246 g/mol. The van der Waals surface area contributed by atoms with Crippen molar-refractivity contribution in [1.29, 1.82) is 0 Å². The lowest BCUT2D eigenvalue weighted by atomic mass is 10.4. The van der Waals surface area contributed by atoms with E-state index in [-0.39, 0.29) is 0 Å². The second-order valence-corrected chi connectivity index (χ2v) is 7.14. The molecular weight excluding hydrogens is 228 g/mol. The first-order valence-electron chi connectivity index (χ1n) is 4.62. The molecule has 0 aromatic heterocycles. The Labute approximate surface area is 86.5 Å². The normalized spacial score (nSPS) is 10.2. The largest absolute Gasteiger partial charge is 0.103 e. The molecule has 0 nitrogen and oxygen atoms in total. The summed E-state index contributed by atoms with van der Waals surface area (Å²) in [5.41, 5.74) is 0. The van der Waals surface area contributed by atoms with Gasteiger partial charge in [-0.1, -0.05) is 40.5 Å². The highest BCUT2D eigenvalue weighted by molar-refractivity contribution is 9.09. The summed E-state index contributed by atoms with van der Waals surface area (Å²) in [5.74, 6) is 0. The zero-order chi connectivity index (χ0) is 9.23. The third kappa shape index (κ3) is 6.86. The molecule has 0 aromatic rings. The minimum Gasteiger partial charge on any atom is -0.103 e. The first kappa shape index (κ1) is 12.2. The molecule has 0 aliphatic heterocycles. The van der Waals surface area contributed by atoms with E-state index in [1.54, 1.807) is 0 Å². The van der Waals surface area contributed by atoms with Gasteiger partial charge in [-0.3, -0.25) is 0 Å².